The number of phenols is 1. The molecule has 0 aliphatic rings. The fourth-order valence-electron chi connectivity index (χ4n) is 2.87. The Hall–Kier alpha value is -3.41. The van der Waals surface area contributed by atoms with Gasteiger partial charge in [0.2, 0.25) is 0 Å². The van der Waals surface area contributed by atoms with Crippen LogP contribution in [0.15, 0.2) is 72.4 Å². The van der Waals surface area contributed by atoms with Gasteiger partial charge in [0.05, 0.1) is 5.69 Å². The first-order valence-electron chi connectivity index (χ1n) is 12.0. The van der Waals surface area contributed by atoms with Crippen molar-refractivity contribution in [3.8, 4) is 11.4 Å². The summed E-state index contributed by atoms with van der Waals surface area (Å²) in [4.78, 5) is 12.7. The van der Waals surface area contributed by atoms with Crippen molar-refractivity contribution in [2.45, 2.75) is 66.7 Å². The van der Waals surface area contributed by atoms with E-state index in [9.17, 15) is 0 Å². The van der Waals surface area contributed by atoms with E-state index < -0.39 is 0 Å². The molecule has 3 rings (SSSR count). The van der Waals surface area contributed by atoms with Crippen molar-refractivity contribution >= 4 is 5.84 Å². The Kier molecular flexibility index (Phi) is 13.7. The summed E-state index contributed by atoms with van der Waals surface area (Å²) in [6, 6.07) is 11.3. The van der Waals surface area contributed by atoms with E-state index in [-0.39, 0.29) is 0 Å². The molecule has 34 heavy (non-hydrogen) atoms. The van der Waals surface area contributed by atoms with Gasteiger partial charge in [-0.3, -0.25) is 9.98 Å². The fraction of sp³-hybridized carbons (Fsp3) is 0.393. The predicted octanol–water partition coefficient (Wildman–Crippen LogP) is 6.62. The molecule has 0 saturated heterocycles. The van der Waals surface area contributed by atoms with Gasteiger partial charge in [-0.25, -0.2) is 4.98 Å². The number of unbranched alkanes of at least 4 members (excludes halogenated alkanes) is 2. The highest BCUT2D eigenvalue weighted by molar-refractivity contribution is 5.99. The number of nitrogens with one attached hydrogen (secondary N) is 1. The van der Waals surface area contributed by atoms with E-state index in [2.05, 4.69) is 47.6 Å². The molecule has 3 aromatic rings. The number of aliphatic imine (C=N–C) groups is 1. The number of pyridine rings is 1. The van der Waals surface area contributed by atoms with Crippen molar-refractivity contribution in [1.82, 2.24) is 19.9 Å². The first kappa shape index (κ1) is 28.6. The number of allylic oxidation sites excluding steroid dienone is 1. The monoisotopic (exact) mass is 463 g/mol. The lowest BCUT2D eigenvalue weighted by atomic mass is 10.1. The maximum atomic E-state index is 8.98. The number of hydrogen-bond acceptors (Lipinski definition) is 4. The van der Waals surface area contributed by atoms with E-state index in [1.165, 1.54) is 31.2 Å². The summed E-state index contributed by atoms with van der Waals surface area (Å²) in [5.41, 5.74) is 5.00. The summed E-state index contributed by atoms with van der Waals surface area (Å²) >= 11 is 0. The van der Waals surface area contributed by atoms with Crippen LogP contribution in [0.25, 0.3) is 5.69 Å². The van der Waals surface area contributed by atoms with Crippen LogP contribution in [0.1, 0.15) is 70.3 Å². The van der Waals surface area contributed by atoms with Crippen LogP contribution in [0.4, 0.5) is 0 Å². The standard InChI is InChI=1S/C14H17N5.C10H14O.C4H10/c1-10(2)18-14(15-4)13-11(3)19(9-17-13)12-5-7-16-8-6-12;1-2-3-4-9-5-7-10(11)8-6-9;1-3-4-2/h5-9H,1H2,2-4H3,(H,15,18);5-8,11H,2-4H2,1H3;3-4H2,1-2H3. The largest absolute Gasteiger partial charge is 0.508 e. The van der Waals surface area contributed by atoms with Gasteiger partial charge >= 0.3 is 0 Å². The quantitative estimate of drug-likeness (QED) is 0.305. The highest BCUT2D eigenvalue weighted by Crippen LogP contribution is 2.14. The molecule has 1 aromatic carbocycles. The second kappa shape index (κ2) is 16.2. The zero-order valence-corrected chi connectivity index (χ0v) is 21.7. The second-order valence-corrected chi connectivity index (χ2v) is 8.00. The van der Waals surface area contributed by atoms with Crippen LogP contribution in [-0.2, 0) is 6.42 Å². The Balaban J connectivity index is 0.000000325. The molecule has 0 aliphatic heterocycles. The molecule has 0 saturated carbocycles. The van der Waals surface area contributed by atoms with Crippen molar-refractivity contribution in [3.05, 3.63) is 84.3 Å². The Morgan fingerprint density at radius 1 is 1.03 bits per heavy atom. The van der Waals surface area contributed by atoms with E-state index >= 15 is 0 Å². The number of benzene rings is 1. The number of phenolic OH excluding ortho intramolecular Hbond substituents is 1. The number of nitrogens with zero attached hydrogens (tertiary/aromatic N) is 4. The number of aromatic nitrogens is 3. The molecule has 0 atom stereocenters. The molecular formula is C28H41N5O. The molecule has 2 aromatic heterocycles. The van der Waals surface area contributed by atoms with Crippen LogP contribution in [-0.4, -0.2) is 32.5 Å². The molecule has 0 aliphatic carbocycles. The molecule has 0 radical (unpaired) electrons. The van der Waals surface area contributed by atoms with Gasteiger partial charge < -0.3 is 15.0 Å². The minimum Gasteiger partial charge on any atom is -0.508 e. The van der Waals surface area contributed by atoms with Crippen molar-refractivity contribution in [3.63, 3.8) is 0 Å². The predicted molar refractivity (Wildman–Crippen MR) is 144 cm³/mol. The van der Waals surface area contributed by atoms with Gasteiger partial charge in [0.15, 0.2) is 5.84 Å². The summed E-state index contributed by atoms with van der Waals surface area (Å²) in [7, 11) is 1.73. The maximum absolute atomic E-state index is 8.98. The van der Waals surface area contributed by atoms with Crippen LogP contribution in [0, 0.1) is 6.92 Å². The molecule has 0 spiro atoms. The molecule has 2 N–H and O–H groups in total. The van der Waals surface area contributed by atoms with E-state index in [0.717, 1.165) is 35.0 Å². The van der Waals surface area contributed by atoms with Gasteiger partial charge in [-0.05, 0) is 56.5 Å². The Bertz CT molecular complexity index is 989. The molecule has 0 fully saturated rings. The Morgan fingerprint density at radius 2 is 1.65 bits per heavy atom. The van der Waals surface area contributed by atoms with Crippen LogP contribution in [0.5, 0.6) is 5.75 Å². The zero-order valence-electron chi connectivity index (χ0n) is 21.7. The molecule has 0 unspecified atom stereocenters. The maximum Gasteiger partial charge on any atom is 0.153 e. The van der Waals surface area contributed by atoms with Gasteiger partial charge in [0.25, 0.3) is 0 Å². The van der Waals surface area contributed by atoms with Crippen molar-refractivity contribution in [1.29, 1.82) is 0 Å². The number of hydrogen-bond donors (Lipinski definition) is 2. The first-order chi connectivity index (χ1) is 16.4. The van der Waals surface area contributed by atoms with Crippen LogP contribution >= 0.6 is 0 Å². The lowest BCUT2D eigenvalue weighted by Gasteiger charge is -2.09. The Morgan fingerprint density at radius 3 is 2.15 bits per heavy atom. The second-order valence-electron chi connectivity index (χ2n) is 8.00. The van der Waals surface area contributed by atoms with Gasteiger partial charge in [-0.15, -0.1) is 0 Å². The third kappa shape index (κ3) is 10.0. The highest BCUT2D eigenvalue weighted by Gasteiger charge is 2.13. The molecule has 6 nitrogen and oxygen atoms in total. The van der Waals surface area contributed by atoms with Gasteiger partial charge in [-0.1, -0.05) is 58.7 Å². The summed E-state index contributed by atoms with van der Waals surface area (Å²) in [6.45, 7) is 14.3. The number of aryl methyl sites for hydroxylation is 1. The average Bonchev–Trinajstić information content (AvgIpc) is 3.24. The van der Waals surface area contributed by atoms with E-state index in [1.807, 2.05) is 42.7 Å². The fourth-order valence-corrected chi connectivity index (χ4v) is 2.87. The summed E-state index contributed by atoms with van der Waals surface area (Å²) in [6.07, 6.45) is 11.5. The molecule has 0 bridgehead atoms. The molecule has 6 heteroatoms. The van der Waals surface area contributed by atoms with Crippen LogP contribution in [0.2, 0.25) is 0 Å². The molecule has 184 valence electrons. The Labute approximate surface area is 205 Å². The number of amidine groups is 1. The number of rotatable bonds is 7. The minimum atomic E-state index is 0.352. The van der Waals surface area contributed by atoms with E-state index in [0.29, 0.717) is 5.75 Å². The lowest BCUT2D eigenvalue weighted by molar-refractivity contribution is 0.475. The summed E-state index contributed by atoms with van der Waals surface area (Å²) < 4.78 is 2.00. The van der Waals surface area contributed by atoms with Gasteiger partial charge in [0.1, 0.15) is 17.8 Å². The van der Waals surface area contributed by atoms with Crippen molar-refractivity contribution in [2.75, 3.05) is 7.05 Å². The van der Waals surface area contributed by atoms with Crippen LogP contribution < -0.4 is 5.32 Å². The third-order valence-electron chi connectivity index (χ3n) is 4.98. The van der Waals surface area contributed by atoms with E-state index in [4.69, 9.17) is 5.11 Å². The normalized spacial score (nSPS) is 10.5. The van der Waals surface area contributed by atoms with E-state index in [1.54, 1.807) is 37.9 Å². The highest BCUT2D eigenvalue weighted by atomic mass is 16.3. The molecule has 2 heterocycles. The number of imidazole rings is 1. The minimum absolute atomic E-state index is 0.352. The first-order valence-corrected chi connectivity index (χ1v) is 12.0. The zero-order chi connectivity index (χ0) is 25.3. The van der Waals surface area contributed by atoms with Gasteiger partial charge in [0, 0.05) is 30.8 Å². The molecule has 0 amide bonds. The topological polar surface area (TPSA) is 75.3 Å². The van der Waals surface area contributed by atoms with Crippen LogP contribution in [0.3, 0.4) is 0 Å². The van der Waals surface area contributed by atoms with Crippen molar-refractivity contribution in [2.24, 2.45) is 4.99 Å². The third-order valence-corrected chi connectivity index (χ3v) is 4.98. The smallest absolute Gasteiger partial charge is 0.153 e. The average molecular weight is 464 g/mol. The molecular weight excluding hydrogens is 422 g/mol. The van der Waals surface area contributed by atoms with Crippen molar-refractivity contribution < 1.29 is 5.11 Å². The number of aromatic hydroxyl groups is 1. The summed E-state index contributed by atoms with van der Waals surface area (Å²) in [5, 5.41) is 12.1. The van der Waals surface area contributed by atoms with Gasteiger partial charge in [-0.2, -0.15) is 0 Å². The summed E-state index contributed by atoms with van der Waals surface area (Å²) in [5.74, 6) is 1.07. The lowest BCUT2D eigenvalue weighted by Crippen LogP contribution is -2.23. The SMILES string of the molecule is C=C(C)NC(=NC)c1ncn(-c2ccncc2)c1C.CCCC.CCCCc1ccc(O)cc1.